The fourth-order valence-corrected chi connectivity index (χ4v) is 5.06. The van der Waals surface area contributed by atoms with Gasteiger partial charge in [0, 0.05) is 37.8 Å². The number of rotatable bonds is 9. The van der Waals surface area contributed by atoms with Gasteiger partial charge in [-0.3, -0.25) is 9.59 Å². The zero-order valence-electron chi connectivity index (χ0n) is 21.5. The lowest BCUT2D eigenvalue weighted by Crippen LogP contribution is -2.32. The first-order chi connectivity index (χ1) is 18.0. The van der Waals surface area contributed by atoms with E-state index in [-0.39, 0.29) is 29.5 Å². The predicted molar refractivity (Wildman–Crippen MR) is 144 cm³/mol. The molecule has 2 aromatic heterocycles. The molecule has 11 heteroatoms. The number of hydrogen-bond donors (Lipinski definition) is 1. The number of halogens is 1. The van der Waals surface area contributed by atoms with E-state index in [4.69, 9.17) is 5.14 Å². The number of sulfonamides is 1. The lowest BCUT2D eigenvalue weighted by atomic mass is 10.0. The van der Waals surface area contributed by atoms with Crippen LogP contribution in [0.4, 0.5) is 4.39 Å². The number of amides is 1. The van der Waals surface area contributed by atoms with Gasteiger partial charge in [-0.15, -0.1) is 0 Å². The van der Waals surface area contributed by atoms with Crippen molar-refractivity contribution < 1.29 is 17.6 Å². The summed E-state index contributed by atoms with van der Waals surface area (Å²) in [5.74, 6) is -0.141. The van der Waals surface area contributed by atoms with E-state index in [2.05, 4.69) is 4.98 Å². The summed E-state index contributed by atoms with van der Waals surface area (Å²) in [5, 5.41) is 5.35. The van der Waals surface area contributed by atoms with Crippen LogP contribution in [0.15, 0.2) is 64.4 Å². The number of benzene rings is 2. The Hall–Kier alpha value is -3.83. The molecular formula is C27H30FN5O4S. The molecule has 0 bridgehead atoms. The minimum Gasteiger partial charge on any atom is -0.347 e. The number of unbranched alkanes of at least 4 members (excludes halogenated alkanes) is 1. The molecule has 0 aliphatic rings. The Morgan fingerprint density at radius 1 is 1.13 bits per heavy atom. The second kappa shape index (κ2) is 10.9. The Kier molecular flexibility index (Phi) is 7.79. The maximum absolute atomic E-state index is 15.4. The van der Waals surface area contributed by atoms with E-state index in [1.54, 1.807) is 61.3 Å². The average Bonchev–Trinajstić information content (AvgIpc) is 3.22. The summed E-state index contributed by atoms with van der Waals surface area (Å²) in [4.78, 5) is 31.6. The molecule has 0 fully saturated rings. The van der Waals surface area contributed by atoms with Crippen LogP contribution in [-0.2, 0) is 34.3 Å². The van der Waals surface area contributed by atoms with Gasteiger partial charge in [0.1, 0.15) is 23.7 Å². The topological polar surface area (TPSA) is 120 Å². The third-order valence-corrected chi connectivity index (χ3v) is 7.36. The average molecular weight is 540 g/mol. The van der Waals surface area contributed by atoms with Crippen molar-refractivity contribution in [3.63, 3.8) is 0 Å². The molecule has 2 N–H and O–H groups in total. The molecule has 0 radical (unpaired) electrons. The van der Waals surface area contributed by atoms with Crippen LogP contribution < -0.4 is 10.7 Å². The fourth-order valence-electron chi connectivity index (χ4n) is 4.30. The van der Waals surface area contributed by atoms with Crippen LogP contribution in [-0.4, -0.2) is 47.4 Å². The Morgan fingerprint density at radius 2 is 1.87 bits per heavy atom. The van der Waals surface area contributed by atoms with Gasteiger partial charge in [-0.05, 0) is 30.2 Å². The standard InChI is InChI=1S/C27H30FN5O4S/c1-4-5-10-24-30-22-13-14-32(17-25(34)31(2)3)27(35)26(22)33(24)16-19-12-11-18(15-21(19)28)20-8-6-7-9-23(20)38(29,36)37/h6-9,11-15H,4-5,10,16-17H2,1-3H3,(H2,29,36,37). The van der Waals surface area contributed by atoms with Crippen molar-refractivity contribution in [2.75, 3.05) is 14.1 Å². The highest BCUT2D eigenvalue weighted by atomic mass is 32.2. The summed E-state index contributed by atoms with van der Waals surface area (Å²) in [5.41, 5.74) is 1.36. The number of likely N-dealkylation sites (N-methyl/N-ethyl adjacent to an activating group) is 1. The monoisotopic (exact) mass is 539 g/mol. The van der Waals surface area contributed by atoms with Crippen LogP contribution in [0.25, 0.3) is 22.2 Å². The molecule has 0 aliphatic heterocycles. The van der Waals surface area contributed by atoms with Gasteiger partial charge in [0.05, 0.1) is 17.0 Å². The molecule has 200 valence electrons. The summed E-state index contributed by atoms with van der Waals surface area (Å²) in [6.07, 6.45) is 3.90. The Balaban J connectivity index is 1.79. The van der Waals surface area contributed by atoms with Crippen LogP contribution in [0, 0.1) is 5.82 Å². The number of nitrogens with two attached hydrogens (primary N) is 1. The second-order valence-electron chi connectivity index (χ2n) is 9.34. The molecule has 1 amide bonds. The predicted octanol–water partition coefficient (Wildman–Crippen LogP) is 3.13. The van der Waals surface area contributed by atoms with Gasteiger partial charge >= 0.3 is 0 Å². The van der Waals surface area contributed by atoms with Crippen LogP contribution in [0.2, 0.25) is 0 Å². The molecule has 0 spiro atoms. The molecule has 0 saturated carbocycles. The zero-order chi connectivity index (χ0) is 27.6. The van der Waals surface area contributed by atoms with Gasteiger partial charge in [-0.25, -0.2) is 22.9 Å². The second-order valence-corrected chi connectivity index (χ2v) is 10.9. The summed E-state index contributed by atoms with van der Waals surface area (Å²) in [7, 11) is -0.771. The minimum absolute atomic E-state index is 0.0410. The minimum atomic E-state index is -4.01. The largest absolute Gasteiger partial charge is 0.347 e. The maximum Gasteiger partial charge on any atom is 0.277 e. The van der Waals surface area contributed by atoms with E-state index >= 15 is 4.39 Å². The van der Waals surface area contributed by atoms with Gasteiger partial charge in [-0.2, -0.15) is 0 Å². The summed E-state index contributed by atoms with van der Waals surface area (Å²) < 4.78 is 42.5. The molecule has 2 heterocycles. The normalized spacial score (nSPS) is 11.7. The van der Waals surface area contributed by atoms with Crippen LogP contribution in [0.1, 0.15) is 31.2 Å². The van der Waals surface area contributed by atoms with Gasteiger partial charge in [-0.1, -0.05) is 43.7 Å². The zero-order valence-corrected chi connectivity index (χ0v) is 22.3. The number of nitrogens with zero attached hydrogens (tertiary/aromatic N) is 4. The number of fused-ring (bicyclic) bond motifs is 1. The van der Waals surface area contributed by atoms with Crippen molar-refractivity contribution in [1.82, 2.24) is 19.0 Å². The fraction of sp³-hybridized carbons (Fsp3) is 0.296. The highest BCUT2D eigenvalue weighted by Crippen LogP contribution is 2.28. The molecule has 2 aromatic carbocycles. The smallest absolute Gasteiger partial charge is 0.277 e. The van der Waals surface area contributed by atoms with E-state index in [0.717, 1.165) is 12.8 Å². The lowest BCUT2D eigenvalue weighted by molar-refractivity contribution is -0.129. The molecule has 4 rings (SSSR count). The summed E-state index contributed by atoms with van der Waals surface area (Å²) in [6, 6.07) is 12.3. The van der Waals surface area contributed by atoms with Crippen LogP contribution in [0.5, 0.6) is 0 Å². The molecule has 38 heavy (non-hydrogen) atoms. The first-order valence-corrected chi connectivity index (χ1v) is 13.7. The van der Waals surface area contributed by atoms with Crippen molar-refractivity contribution in [1.29, 1.82) is 0 Å². The van der Waals surface area contributed by atoms with Gasteiger partial charge in [0.2, 0.25) is 15.9 Å². The third kappa shape index (κ3) is 5.53. The third-order valence-electron chi connectivity index (χ3n) is 6.39. The molecule has 0 unspecified atom stereocenters. The van der Waals surface area contributed by atoms with E-state index in [0.29, 0.717) is 40.0 Å². The summed E-state index contributed by atoms with van der Waals surface area (Å²) in [6.45, 7) is 1.97. The number of pyridine rings is 1. The number of imidazole rings is 1. The lowest BCUT2D eigenvalue weighted by Gasteiger charge is -2.14. The van der Waals surface area contributed by atoms with Crippen molar-refractivity contribution in [3.8, 4) is 11.1 Å². The number of aryl methyl sites for hydroxylation is 1. The van der Waals surface area contributed by atoms with E-state index in [1.165, 1.54) is 21.6 Å². The SMILES string of the molecule is CCCCc1nc2ccn(CC(=O)N(C)C)c(=O)c2n1Cc1ccc(-c2ccccc2S(N)(=O)=O)cc1F. The van der Waals surface area contributed by atoms with Gasteiger partial charge in [0.25, 0.3) is 5.56 Å². The molecule has 0 saturated heterocycles. The van der Waals surface area contributed by atoms with E-state index < -0.39 is 15.8 Å². The molecule has 0 atom stereocenters. The number of carbonyl (C=O) groups excluding carboxylic acids is 1. The highest BCUT2D eigenvalue weighted by Gasteiger charge is 2.20. The first-order valence-electron chi connectivity index (χ1n) is 12.2. The van der Waals surface area contributed by atoms with Crippen LogP contribution >= 0.6 is 0 Å². The first kappa shape index (κ1) is 27.2. The Morgan fingerprint density at radius 3 is 2.53 bits per heavy atom. The van der Waals surface area contributed by atoms with Crippen molar-refractivity contribution >= 4 is 27.0 Å². The maximum atomic E-state index is 15.4. The number of hydrogen-bond acceptors (Lipinski definition) is 5. The van der Waals surface area contributed by atoms with E-state index in [9.17, 15) is 18.0 Å². The Bertz CT molecular complexity index is 1670. The Labute approximate surface area is 220 Å². The number of aromatic nitrogens is 3. The molecule has 0 aliphatic carbocycles. The number of primary sulfonamides is 1. The quantitative estimate of drug-likeness (QED) is 0.350. The van der Waals surface area contributed by atoms with Gasteiger partial charge < -0.3 is 14.0 Å². The van der Waals surface area contributed by atoms with Gasteiger partial charge in [0.15, 0.2) is 0 Å². The highest BCUT2D eigenvalue weighted by molar-refractivity contribution is 7.89. The molecule has 4 aromatic rings. The number of carbonyl (C=O) groups is 1. The van der Waals surface area contributed by atoms with Crippen molar-refractivity contribution in [2.24, 2.45) is 5.14 Å². The van der Waals surface area contributed by atoms with Crippen molar-refractivity contribution in [3.05, 3.63) is 82.3 Å². The summed E-state index contributed by atoms with van der Waals surface area (Å²) >= 11 is 0. The van der Waals surface area contributed by atoms with E-state index in [1.807, 2.05) is 6.92 Å². The molecule has 9 nitrogen and oxygen atoms in total. The molecular weight excluding hydrogens is 509 g/mol. The van der Waals surface area contributed by atoms with Crippen molar-refractivity contribution in [2.45, 2.75) is 44.2 Å². The van der Waals surface area contributed by atoms with Crippen LogP contribution in [0.3, 0.4) is 0 Å².